The quantitative estimate of drug-likeness (QED) is 0.469. The minimum Gasteiger partial charge on any atom is -0.294 e. The second-order valence-electron chi connectivity index (χ2n) is 6.23. The van der Waals surface area contributed by atoms with Crippen molar-refractivity contribution in [2.45, 2.75) is 64.7 Å². The van der Waals surface area contributed by atoms with Gasteiger partial charge in [0.25, 0.3) is 0 Å². The van der Waals surface area contributed by atoms with Gasteiger partial charge >= 0.3 is 0 Å². The minimum atomic E-state index is 0.242. The van der Waals surface area contributed by atoms with Crippen molar-refractivity contribution in [2.75, 3.05) is 0 Å². The van der Waals surface area contributed by atoms with Crippen LogP contribution >= 0.6 is 0 Å². The average Bonchev–Trinajstić information content (AvgIpc) is 2.55. The fourth-order valence-corrected chi connectivity index (χ4v) is 3.25. The first-order valence-corrected chi connectivity index (χ1v) is 8.54. The Hall–Kier alpha value is -1.37. The van der Waals surface area contributed by atoms with Crippen LogP contribution in [0, 0.1) is 5.92 Å². The number of carbonyl (C=O) groups is 1. The van der Waals surface area contributed by atoms with Crippen molar-refractivity contribution in [3.63, 3.8) is 0 Å². The maximum absolute atomic E-state index is 11.7. The summed E-state index contributed by atoms with van der Waals surface area (Å²) in [5.41, 5.74) is 2.27. The van der Waals surface area contributed by atoms with Crippen LogP contribution in [0.15, 0.2) is 36.4 Å². The fourth-order valence-electron chi connectivity index (χ4n) is 3.25. The van der Waals surface area contributed by atoms with Gasteiger partial charge in [-0.15, -0.1) is 0 Å². The summed E-state index contributed by atoms with van der Waals surface area (Å²) in [6.45, 7) is 4.15. The molecule has 0 spiro atoms. The Morgan fingerprint density at radius 1 is 1.10 bits per heavy atom. The molecule has 2 rings (SSSR count). The topological polar surface area (TPSA) is 17.1 Å². The first-order chi connectivity index (χ1) is 10.2. The monoisotopic (exact) mass is 284 g/mol. The van der Waals surface area contributed by atoms with Crippen molar-refractivity contribution in [2.24, 2.45) is 5.92 Å². The summed E-state index contributed by atoms with van der Waals surface area (Å²) in [7, 11) is 0. The van der Waals surface area contributed by atoms with E-state index < -0.39 is 0 Å². The first kappa shape index (κ1) is 16.0. The summed E-state index contributed by atoms with van der Waals surface area (Å²) in [6.07, 6.45) is 13.0. The molecule has 1 fully saturated rings. The molecule has 1 aliphatic rings. The Labute approximate surface area is 129 Å². The van der Waals surface area contributed by atoms with Gasteiger partial charge in [-0.2, -0.15) is 0 Å². The minimum absolute atomic E-state index is 0.242. The van der Waals surface area contributed by atoms with E-state index in [1.807, 2.05) is 19.1 Å². The second-order valence-corrected chi connectivity index (χ2v) is 6.23. The van der Waals surface area contributed by atoms with Crippen LogP contribution in [0.3, 0.4) is 0 Å². The smallest absolute Gasteiger partial charge is 0.162 e. The molecule has 1 aromatic rings. The van der Waals surface area contributed by atoms with Gasteiger partial charge < -0.3 is 0 Å². The zero-order valence-corrected chi connectivity index (χ0v) is 13.5. The SMILES string of the molecule is CCC/C=C/C1CCC(c2ccc(C(=O)CC)cc2)CC1. The summed E-state index contributed by atoms with van der Waals surface area (Å²) >= 11 is 0. The van der Waals surface area contributed by atoms with Crippen LogP contribution in [0.4, 0.5) is 0 Å². The Morgan fingerprint density at radius 2 is 1.76 bits per heavy atom. The molecule has 0 aromatic heterocycles. The van der Waals surface area contributed by atoms with Crippen LogP contribution in [-0.4, -0.2) is 5.78 Å². The molecule has 1 heteroatoms. The van der Waals surface area contributed by atoms with Gasteiger partial charge in [0.15, 0.2) is 5.78 Å². The van der Waals surface area contributed by atoms with E-state index in [1.54, 1.807) is 0 Å². The molecule has 1 nitrogen and oxygen atoms in total. The van der Waals surface area contributed by atoms with Gasteiger partial charge in [0.2, 0.25) is 0 Å². The molecular formula is C20H28O. The number of benzene rings is 1. The van der Waals surface area contributed by atoms with Gasteiger partial charge in [0.1, 0.15) is 0 Å². The lowest BCUT2D eigenvalue weighted by Gasteiger charge is -2.27. The Morgan fingerprint density at radius 3 is 2.33 bits per heavy atom. The van der Waals surface area contributed by atoms with E-state index in [-0.39, 0.29) is 5.78 Å². The van der Waals surface area contributed by atoms with Crippen molar-refractivity contribution in [3.8, 4) is 0 Å². The number of allylic oxidation sites excluding steroid dienone is 2. The molecule has 0 heterocycles. The highest BCUT2D eigenvalue weighted by molar-refractivity contribution is 5.95. The molecule has 1 aromatic carbocycles. The van der Waals surface area contributed by atoms with Gasteiger partial charge in [0, 0.05) is 12.0 Å². The molecule has 0 amide bonds. The largest absolute Gasteiger partial charge is 0.294 e. The number of hydrogen-bond acceptors (Lipinski definition) is 1. The molecule has 0 unspecified atom stereocenters. The summed E-state index contributed by atoms with van der Waals surface area (Å²) in [6, 6.07) is 8.35. The van der Waals surface area contributed by atoms with E-state index >= 15 is 0 Å². The molecule has 1 saturated carbocycles. The number of rotatable bonds is 6. The van der Waals surface area contributed by atoms with E-state index in [9.17, 15) is 4.79 Å². The molecular weight excluding hydrogens is 256 g/mol. The Bertz CT molecular complexity index is 461. The lowest BCUT2D eigenvalue weighted by atomic mass is 9.78. The molecule has 1 aliphatic carbocycles. The van der Waals surface area contributed by atoms with E-state index in [0.29, 0.717) is 12.3 Å². The molecule has 114 valence electrons. The zero-order chi connectivity index (χ0) is 15.1. The lowest BCUT2D eigenvalue weighted by Crippen LogP contribution is -2.12. The van der Waals surface area contributed by atoms with Crippen LogP contribution in [-0.2, 0) is 0 Å². The third kappa shape index (κ3) is 4.56. The van der Waals surface area contributed by atoms with Gasteiger partial charge in [-0.1, -0.05) is 56.7 Å². The molecule has 0 atom stereocenters. The van der Waals surface area contributed by atoms with E-state index in [4.69, 9.17) is 0 Å². The Balaban J connectivity index is 1.88. The standard InChI is InChI=1S/C20H28O/c1-3-5-6-7-16-8-10-17(11-9-16)18-12-14-19(15-13-18)20(21)4-2/h6-7,12-17H,3-5,8-11H2,1-2H3/b7-6+. The van der Waals surface area contributed by atoms with Crippen LogP contribution in [0.5, 0.6) is 0 Å². The average molecular weight is 284 g/mol. The van der Waals surface area contributed by atoms with Crippen molar-refractivity contribution in [1.29, 1.82) is 0 Å². The van der Waals surface area contributed by atoms with Crippen molar-refractivity contribution in [1.82, 2.24) is 0 Å². The molecule has 0 N–H and O–H groups in total. The molecule has 0 bridgehead atoms. The van der Waals surface area contributed by atoms with Crippen molar-refractivity contribution < 1.29 is 4.79 Å². The zero-order valence-electron chi connectivity index (χ0n) is 13.5. The second kappa shape index (κ2) is 8.17. The molecule has 0 saturated heterocycles. The number of ketones is 1. The van der Waals surface area contributed by atoms with Crippen LogP contribution in [0.25, 0.3) is 0 Å². The third-order valence-corrected chi connectivity index (χ3v) is 4.66. The van der Waals surface area contributed by atoms with Gasteiger partial charge in [-0.25, -0.2) is 0 Å². The normalized spacial score (nSPS) is 22.6. The number of carbonyl (C=O) groups excluding carboxylic acids is 1. The van der Waals surface area contributed by atoms with Gasteiger partial charge in [-0.05, 0) is 49.5 Å². The summed E-state index contributed by atoms with van der Waals surface area (Å²) < 4.78 is 0. The highest BCUT2D eigenvalue weighted by Gasteiger charge is 2.20. The summed E-state index contributed by atoms with van der Waals surface area (Å²) in [5, 5.41) is 0. The van der Waals surface area contributed by atoms with Crippen LogP contribution in [0.2, 0.25) is 0 Å². The van der Waals surface area contributed by atoms with Crippen molar-refractivity contribution >= 4 is 5.78 Å². The summed E-state index contributed by atoms with van der Waals surface area (Å²) in [5.74, 6) is 1.71. The van der Waals surface area contributed by atoms with E-state index in [2.05, 4.69) is 31.2 Å². The first-order valence-electron chi connectivity index (χ1n) is 8.54. The Kier molecular flexibility index (Phi) is 6.22. The number of Topliss-reactive ketones (excluding diaryl/α,β-unsaturated/α-hetero) is 1. The maximum Gasteiger partial charge on any atom is 0.162 e. The lowest BCUT2D eigenvalue weighted by molar-refractivity contribution is 0.0988. The molecule has 0 radical (unpaired) electrons. The number of hydrogen-bond donors (Lipinski definition) is 0. The third-order valence-electron chi connectivity index (χ3n) is 4.66. The highest BCUT2D eigenvalue weighted by atomic mass is 16.1. The van der Waals surface area contributed by atoms with E-state index in [0.717, 1.165) is 11.5 Å². The highest BCUT2D eigenvalue weighted by Crippen LogP contribution is 2.36. The molecule has 21 heavy (non-hydrogen) atoms. The van der Waals surface area contributed by atoms with Crippen molar-refractivity contribution in [3.05, 3.63) is 47.5 Å². The summed E-state index contributed by atoms with van der Waals surface area (Å²) in [4.78, 5) is 11.7. The van der Waals surface area contributed by atoms with Crippen LogP contribution in [0.1, 0.15) is 80.6 Å². The maximum atomic E-state index is 11.7. The van der Waals surface area contributed by atoms with Gasteiger partial charge in [-0.3, -0.25) is 4.79 Å². The predicted molar refractivity (Wildman–Crippen MR) is 89.8 cm³/mol. The number of unbranched alkanes of at least 4 members (excludes halogenated alkanes) is 1. The molecule has 0 aliphatic heterocycles. The van der Waals surface area contributed by atoms with Gasteiger partial charge in [0.05, 0.1) is 0 Å². The predicted octanol–water partition coefficient (Wildman–Crippen LogP) is 5.91. The fraction of sp³-hybridized carbons (Fsp3) is 0.550. The van der Waals surface area contributed by atoms with E-state index in [1.165, 1.54) is 44.1 Å². The van der Waals surface area contributed by atoms with Crippen LogP contribution < -0.4 is 0 Å².